The van der Waals surface area contributed by atoms with Gasteiger partial charge in [0, 0.05) is 10.8 Å². The van der Waals surface area contributed by atoms with E-state index >= 15 is 0 Å². The average molecular weight is 332 g/mol. The van der Waals surface area contributed by atoms with Crippen LogP contribution in [-0.4, -0.2) is 17.2 Å². The number of alkyl halides is 1. The molecule has 1 aromatic carbocycles. The highest BCUT2D eigenvalue weighted by molar-refractivity contribution is 14.1. The first-order valence-corrected chi connectivity index (χ1v) is 6.68. The van der Waals surface area contributed by atoms with Crippen molar-refractivity contribution in [2.24, 2.45) is 0 Å². The van der Waals surface area contributed by atoms with Crippen LogP contribution in [-0.2, 0) is 15.1 Å². The molecule has 3 nitrogen and oxygen atoms in total. The lowest BCUT2D eigenvalue weighted by Crippen LogP contribution is -2.40. The molecule has 1 atom stereocenters. The zero-order chi connectivity index (χ0) is 11.6. The lowest BCUT2D eigenvalue weighted by molar-refractivity contribution is -0.0750. The van der Waals surface area contributed by atoms with Crippen molar-refractivity contribution >= 4 is 28.7 Å². The Kier molecular flexibility index (Phi) is 3.37. The van der Waals surface area contributed by atoms with Gasteiger partial charge in [-0.15, -0.1) is 0 Å². The van der Waals surface area contributed by atoms with Gasteiger partial charge in [0.1, 0.15) is 0 Å². The van der Waals surface area contributed by atoms with Crippen molar-refractivity contribution in [1.29, 1.82) is 0 Å². The normalized spacial score (nSPS) is 24.8. The molecule has 1 aliphatic heterocycles. The molecule has 1 aromatic rings. The number of hydrogen-bond donors (Lipinski definition) is 0. The maximum atomic E-state index is 11.2. The van der Waals surface area contributed by atoms with Gasteiger partial charge in [0.25, 0.3) is 0 Å². The first-order chi connectivity index (χ1) is 7.66. The number of carbonyl (C=O) groups is 1. The second-order valence-corrected chi connectivity index (χ2v) is 4.71. The van der Waals surface area contributed by atoms with Crippen LogP contribution in [0.5, 0.6) is 0 Å². The smallest absolute Gasteiger partial charge is 0.434 e. The largest absolute Gasteiger partial charge is 0.509 e. The van der Waals surface area contributed by atoms with Crippen molar-refractivity contribution in [1.82, 2.24) is 0 Å². The summed E-state index contributed by atoms with van der Waals surface area (Å²) in [5.74, 6) is 0. The second kappa shape index (κ2) is 4.61. The maximum absolute atomic E-state index is 11.2. The third-order valence-electron chi connectivity index (χ3n) is 2.80. The van der Waals surface area contributed by atoms with Gasteiger partial charge in [-0.2, -0.15) is 0 Å². The SMILES string of the molecule is Cc1ccc([C@@]2(CI)CCOC(=O)O2)cc1. The van der Waals surface area contributed by atoms with E-state index in [1.54, 1.807) is 0 Å². The zero-order valence-corrected chi connectivity index (χ0v) is 11.2. The zero-order valence-electron chi connectivity index (χ0n) is 9.03. The van der Waals surface area contributed by atoms with E-state index in [0.29, 0.717) is 13.0 Å². The molecule has 86 valence electrons. The number of benzene rings is 1. The highest BCUT2D eigenvalue weighted by Crippen LogP contribution is 2.35. The van der Waals surface area contributed by atoms with Crippen molar-refractivity contribution in [3.05, 3.63) is 35.4 Å². The van der Waals surface area contributed by atoms with Crippen molar-refractivity contribution in [2.75, 3.05) is 11.0 Å². The molecule has 2 rings (SSSR count). The molecule has 0 aliphatic carbocycles. The molecule has 0 saturated carbocycles. The summed E-state index contributed by atoms with van der Waals surface area (Å²) in [5, 5.41) is 0. The first-order valence-electron chi connectivity index (χ1n) is 5.15. The number of rotatable bonds is 2. The number of cyclic esters (lactones) is 2. The van der Waals surface area contributed by atoms with Gasteiger partial charge in [0.2, 0.25) is 0 Å². The Morgan fingerprint density at radius 2 is 2.06 bits per heavy atom. The summed E-state index contributed by atoms with van der Waals surface area (Å²) in [6, 6.07) is 8.11. The predicted octanol–water partition coefficient (Wildman–Crippen LogP) is 3.18. The number of aryl methyl sites for hydroxylation is 1. The average Bonchev–Trinajstić information content (AvgIpc) is 2.29. The second-order valence-electron chi connectivity index (χ2n) is 3.94. The molecule has 1 aliphatic rings. The Hall–Kier alpha value is -0.780. The van der Waals surface area contributed by atoms with Gasteiger partial charge in [-0.1, -0.05) is 52.4 Å². The highest BCUT2D eigenvalue weighted by atomic mass is 127. The molecule has 0 spiro atoms. The van der Waals surface area contributed by atoms with Crippen LogP contribution in [0.1, 0.15) is 17.5 Å². The number of carbonyl (C=O) groups excluding carboxylic acids is 1. The number of hydrogen-bond acceptors (Lipinski definition) is 3. The summed E-state index contributed by atoms with van der Waals surface area (Å²) < 4.78 is 10.9. The molecule has 0 amide bonds. The third kappa shape index (κ3) is 2.16. The Labute approximate surface area is 108 Å². The van der Waals surface area contributed by atoms with Crippen molar-refractivity contribution in [3.63, 3.8) is 0 Å². The quantitative estimate of drug-likeness (QED) is 0.474. The Bertz CT molecular complexity index is 388. The molecule has 1 heterocycles. The summed E-state index contributed by atoms with van der Waals surface area (Å²) >= 11 is 2.25. The van der Waals surface area contributed by atoms with Gasteiger partial charge in [0.05, 0.1) is 6.61 Å². The van der Waals surface area contributed by atoms with E-state index in [2.05, 4.69) is 22.6 Å². The first kappa shape index (κ1) is 11.7. The Balaban J connectivity index is 2.33. The number of halogens is 1. The number of ether oxygens (including phenoxy) is 2. The minimum atomic E-state index is -0.566. The van der Waals surface area contributed by atoms with Crippen molar-refractivity contribution in [2.45, 2.75) is 18.9 Å². The Morgan fingerprint density at radius 1 is 1.38 bits per heavy atom. The molecule has 0 aromatic heterocycles. The van der Waals surface area contributed by atoms with Crippen LogP contribution >= 0.6 is 22.6 Å². The summed E-state index contributed by atoms with van der Waals surface area (Å²) in [6.07, 6.45) is 0.147. The van der Waals surface area contributed by atoms with E-state index in [1.807, 2.05) is 31.2 Å². The van der Waals surface area contributed by atoms with Crippen LogP contribution in [0.2, 0.25) is 0 Å². The monoisotopic (exact) mass is 332 g/mol. The van der Waals surface area contributed by atoms with Crippen molar-refractivity contribution < 1.29 is 14.3 Å². The minimum absolute atomic E-state index is 0.426. The van der Waals surface area contributed by atoms with Crippen LogP contribution in [0.15, 0.2) is 24.3 Å². The van der Waals surface area contributed by atoms with Crippen LogP contribution in [0.25, 0.3) is 0 Å². The molecule has 0 N–H and O–H groups in total. The highest BCUT2D eigenvalue weighted by Gasteiger charge is 2.39. The Morgan fingerprint density at radius 3 is 2.62 bits per heavy atom. The molecule has 16 heavy (non-hydrogen) atoms. The van der Waals surface area contributed by atoms with E-state index in [0.717, 1.165) is 9.99 Å². The fourth-order valence-electron chi connectivity index (χ4n) is 1.77. The van der Waals surface area contributed by atoms with E-state index in [4.69, 9.17) is 9.47 Å². The molecule has 0 bridgehead atoms. The molecular weight excluding hydrogens is 319 g/mol. The van der Waals surface area contributed by atoms with Gasteiger partial charge in [0.15, 0.2) is 5.60 Å². The summed E-state index contributed by atoms with van der Waals surface area (Å²) in [6.45, 7) is 2.46. The molecule has 0 radical (unpaired) electrons. The topological polar surface area (TPSA) is 35.5 Å². The third-order valence-corrected chi connectivity index (χ3v) is 4.03. The summed E-state index contributed by atoms with van der Waals surface area (Å²) in [4.78, 5) is 11.2. The van der Waals surface area contributed by atoms with Crippen molar-refractivity contribution in [3.8, 4) is 0 Å². The molecule has 1 fully saturated rings. The van der Waals surface area contributed by atoms with Crippen LogP contribution < -0.4 is 0 Å². The summed E-state index contributed by atoms with van der Waals surface area (Å²) in [7, 11) is 0. The predicted molar refractivity (Wildman–Crippen MR) is 68.8 cm³/mol. The van der Waals surface area contributed by atoms with E-state index in [-0.39, 0.29) is 0 Å². The minimum Gasteiger partial charge on any atom is -0.434 e. The lowest BCUT2D eigenvalue weighted by atomic mass is 9.91. The fraction of sp³-hybridized carbons (Fsp3) is 0.417. The van der Waals surface area contributed by atoms with Crippen LogP contribution in [0.3, 0.4) is 0 Å². The van der Waals surface area contributed by atoms with Gasteiger partial charge in [-0.25, -0.2) is 4.79 Å². The fourth-order valence-corrected chi connectivity index (χ4v) is 2.75. The van der Waals surface area contributed by atoms with Gasteiger partial charge in [-0.3, -0.25) is 0 Å². The van der Waals surface area contributed by atoms with Crippen LogP contribution in [0.4, 0.5) is 4.79 Å². The van der Waals surface area contributed by atoms with E-state index in [9.17, 15) is 4.79 Å². The molecular formula is C12H13IO3. The molecule has 4 heteroatoms. The van der Waals surface area contributed by atoms with Gasteiger partial charge < -0.3 is 9.47 Å². The van der Waals surface area contributed by atoms with E-state index < -0.39 is 11.8 Å². The van der Waals surface area contributed by atoms with E-state index in [1.165, 1.54) is 5.56 Å². The van der Waals surface area contributed by atoms with Gasteiger partial charge in [-0.05, 0) is 12.5 Å². The maximum Gasteiger partial charge on any atom is 0.509 e. The van der Waals surface area contributed by atoms with Crippen LogP contribution in [0, 0.1) is 6.92 Å². The summed E-state index contributed by atoms with van der Waals surface area (Å²) in [5.41, 5.74) is 1.73. The molecule has 1 saturated heterocycles. The molecule has 0 unspecified atom stereocenters. The van der Waals surface area contributed by atoms with Gasteiger partial charge >= 0.3 is 6.16 Å². The standard InChI is InChI=1S/C12H13IO3/c1-9-2-4-10(5-3-9)12(8-13)6-7-15-11(14)16-12/h2-5H,6-8H2,1H3/t12-/m0/s1. The lowest BCUT2D eigenvalue weighted by Gasteiger charge is -2.35.